The van der Waals surface area contributed by atoms with E-state index < -0.39 is 0 Å². The fraction of sp³-hybridized carbons (Fsp3) is 0.471. The highest BCUT2D eigenvalue weighted by molar-refractivity contribution is 5.74. The van der Waals surface area contributed by atoms with E-state index in [2.05, 4.69) is 27.6 Å². The van der Waals surface area contributed by atoms with Gasteiger partial charge in [-0.15, -0.1) is 0 Å². The Morgan fingerprint density at radius 1 is 1.25 bits per heavy atom. The Morgan fingerprint density at radius 2 is 1.96 bits per heavy atom. The number of hydrogen-bond donors (Lipinski definition) is 2. The average molecular weight is 330 g/mol. The van der Waals surface area contributed by atoms with E-state index in [0.29, 0.717) is 13.1 Å². The van der Waals surface area contributed by atoms with Crippen LogP contribution in [-0.4, -0.2) is 34.9 Å². The van der Waals surface area contributed by atoms with Crippen molar-refractivity contribution in [2.75, 3.05) is 19.0 Å². The largest absolute Gasteiger partial charge is 0.362 e. The molecule has 0 aliphatic heterocycles. The van der Waals surface area contributed by atoms with Crippen LogP contribution >= 0.6 is 0 Å². The molecule has 130 valence electrons. The van der Waals surface area contributed by atoms with Crippen LogP contribution in [0.15, 0.2) is 18.3 Å². The summed E-state index contributed by atoms with van der Waals surface area (Å²) in [6.45, 7) is 7.77. The number of nitrogens with zero attached hydrogens (tertiary/aromatic N) is 4. The molecule has 0 aliphatic carbocycles. The summed E-state index contributed by atoms with van der Waals surface area (Å²) in [4.78, 5) is 18.3. The molecule has 0 bridgehead atoms. The maximum absolute atomic E-state index is 12.1. The predicted octanol–water partition coefficient (Wildman–Crippen LogP) is 1.98. The van der Waals surface area contributed by atoms with Crippen molar-refractivity contribution in [1.29, 1.82) is 0 Å². The first-order chi connectivity index (χ1) is 11.4. The number of urea groups is 1. The molecule has 2 N–H and O–H groups in total. The van der Waals surface area contributed by atoms with Gasteiger partial charge in [-0.25, -0.2) is 9.78 Å². The van der Waals surface area contributed by atoms with E-state index >= 15 is 0 Å². The van der Waals surface area contributed by atoms with Gasteiger partial charge in [0.2, 0.25) is 0 Å². The van der Waals surface area contributed by atoms with Crippen molar-refractivity contribution in [2.24, 2.45) is 0 Å². The Morgan fingerprint density at radius 3 is 2.58 bits per heavy atom. The summed E-state index contributed by atoms with van der Waals surface area (Å²) in [5, 5.41) is 10.2. The Labute approximate surface area is 143 Å². The topological polar surface area (TPSA) is 75.1 Å². The third kappa shape index (κ3) is 4.04. The summed E-state index contributed by atoms with van der Waals surface area (Å²) in [6, 6.07) is 3.63. The van der Waals surface area contributed by atoms with Gasteiger partial charge in [-0.1, -0.05) is 6.07 Å². The molecule has 7 nitrogen and oxygen atoms in total. The van der Waals surface area contributed by atoms with Crippen LogP contribution in [0.4, 0.5) is 10.6 Å². The van der Waals surface area contributed by atoms with Crippen LogP contribution in [0.3, 0.4) is 0 Å². The number of nitrogens with one attached hydrogen (secondary N) is 2. The standard InChI is InChI=1S/C17H26N6O/c1-6-23-13(3)15(12(2)21-23)11-20-17(24)19-10-14-8-7-9-18-16(14)22(4)5/h7-9H,6,10-11H2,1-5H3,(H2,19,20,24). The Bertz CT molecular complexity index is 707. The lowest BCUT2D eigenvalue weighted by Gasteiger charge is -2.16. The van der Waals surface area contributed by atoms with Crippen LogP contribution in [0.2, 0.25) is 0 Å². The van der Waals surface area contributed by atoms with E-state index in [9.17, 15) is 4.79 Å². The lowest BCUT2D eigenvalue weighted by molar-refractivity contribution is 0.240. The van der Waals surface area contributed by atoms with Crippen LogP contribution in [0, 0.1) is 13.8 Å². The summed E-state index contributed by atoms with van der Waals surface area (Å²) in [5.74, 6) is 0.855. The van der Waals surface area contributed by atoms with Gasteiger partial charge in [0, 0.05) is 56.7 Å². The fourth-order valence-corrected chi connectivity index (χ4v) is 2.68. The molecular weight excluding hydrogens is 304 g/mol. The van der Waals surface area contributed by atoms with Crippen LogP contribution < -0.4 is 15.5 Å². The second-order valence-electron chi connectivity index (χ2n) is 5.88. The maximum atomic E-state index is 12.1. The Kier molecular flexibility index (Phi) is 5.78. The number of carbonyl (C=O) groups is 1. The van der Waals surface area contributed by atoms with Crippen molar-refractivity contribution in [1.82, 2.24) is 25.4 Å². The summed E-state index contributed by atoms with van der Waals surface area (Å²) >= 11 is 0. The normalized spacial score (nSPS) is 10.5. The molecule has 2 aromatic heterocycles. The minimum Gasteiger partial charge on any atom is -0.362 e. The summed E-state index contributed by atoms with van der Waals surface area (Å²) < 4.78 is 1.95. The molecule has 0 spiro atoms. The zero-order chi connectivity index (χ0) is 17.7. The molecule has 2 amide bonds. The lowest BCUT2D eigenvalue weighted by Crippen LogP contribution is -2.35. The third-order valence-electron chi connectivity index (χ3n) is 3.99. The van der Waals surface area contributed by atoms with E-state index in [4.69, 9.17) is 0 Å². The van der Waals surface area contributed by atoms with Gasteiger partial charge in [-0.3, -0.25) is 4.68 Å². The van der Waals surface area contributed by atoms with Gasteiger partial charge in [0.05, 0.1) is 5.69 Å². The molecule has 0 fully saturated rings. The second-order valence-corrected chi connectivity index (χ2v) is 5.88. The van der Waals surface area contributed by atoms with E-state index in [1.165, 1.54) is 0 Å². The highest BCUT2D eigenvalue weighted by Gasteiger charge is 2.12. The Hall–Kier alpha value is -2.57. The van der Waals surface area contributed by atoms with Crippen molar-refractivity contribution in [3.05, 3.63) is 40.8 Å². The SMILES string of the molecule is CCn1nc(C)c(CNC(=O)NCc2cccnc2N(C)C)c1C. The first kappa shape index (κ1) is 17.8. The van der Waals surface area contributed by atoms with Gasteiger partial charge < -0.3 is 15.5 Å². The second kappa shape index (κ2) is 7.81. The smallest absolute Gasteiger partial charge is 0.315 e. The minimum absolute atomic E-state index is 0.202. The zero-order valence-electron chi connectivity index (χ0n) is 15.1. The molecule has 7 heteroatoms. The van der Waals surface area contributed by atoms with E-state index in [1.54, 1.807) is 6.20 Å². The number of rotatable bonds is 6. The molecule has 0 aliphatic rings. The van der Waals surface area contributed by atoms with Crippen molar-refractivity contribution >= 4 is 11.8 Å². The Balaban J connectivity index is 1.92. The summed E-state index contributed by atoms with van der Waals surface area (Å²) in [5.41, 5.74) is 4.10. The molecule has 0 unspecified atom stereocenters. The number of pyridine rings is 1. The third-order valence-corrected chi connectivity index (χ3v) is 3.99. The van der Waals surface area contributed by atoms with Gasteiger partial charge in [-0.05, 0) is 26.8 Å². The number of anilines is 1. The van der Waals surface area contributed by atoms with Gasteiger partial charge in [-0.2, -0.15) is 5.10 Å². The minimum atomic E-state index is -0.202. The fourth-order valence-electron chi connectivity index (χ4n) is 2.68. The maximum Gasteiger partial charge on any atom is 0.315 e. The van der Waals surface area contributed by atoms with Gasteiger partial charge in [0.15, 0.2) is 0 Å². The summed E-state index contributed by atoms with van der Waals surface area (Å²) in [6.07, 6.45) is 1.75. The van der Waals surface area contributed by atoms with E-state index in [1.807, 2.05) is 49.7 Å². The van der Waals surface area contributed by atoms with Gasteiger partial charge >= 0.3 is 6.03 Å². The van der Waals surface area contributed by atoms with Crippen molar-refractivity contribution in [3.8, 4) is 0 Å². The molecule has 0 radical (unpaired) electrons. The number of aryl methyl sites for hydroxylation is 2. The molecule has 0 saturated carbocycles. The van der Waals surface area contributed by atoms with Crippen molar-refractivity contribution in [2.45, 2.75) is 40.4 Å². The molecule has 0 atom stereocenters. The number of aromatic nitrogens is 3. The van der Waals surface area contributed by atoms with Crippen LogP contribution in [0.25, 0.3) is 0 Å². The molecule has 0 aromatic carbocycles. The van der Waals surface area contributed by atoms with Gasteiger partial charge in [0.25, 0.3) is 0 Å². The predicted molar refractivity (Wildman–Crippen MR) is 95.0 cm³/mol. The highest BCUT2D eigenvalue weighted by Crippen LogP contribution is 2.14. The number of carbonyl (C=O) groups excluding carboxylic acids is 1. The molecular formula is C17H26N6O. The molecule has 0 saturated heterocycles. The zero-order valence-corrected chi connectivity index (χ0v) is 15.1. The van der Waals surface area contributed by atoms with Gasteiger partial charge in [0.1, 0.15) is 5.82 Å². The quantitative estimate of drug-likeness (QED) is 0.849. The number of hydrogen-bond acceptors (Lipinski definition) is 4. The van der Waals surface area contributed by atoms with Crippen molar-refractivity contribution in [3.63, 3.8) is 0 Å². The average Bonchev–Trinajstić information content (AvgIpc) is 2.84. The van der Waals surface area contributed by atoms with E-state index in [-0.39, 0.29) is 6.03 Å². The van der Waals surface area contributed by atoms with Crippen LogP contribution in [-0.2, 0) is 19.6 Å². The van der Waals surface area contributed by atoms with E-state index in [0.717, 1.165) is 34.9 Å². The van der Waals surface area contributed by atoms with Crippen molar-refractivity contribution < 1.29 is 4.79 Å². The van der Waals surface area contributed by atoms with Crippen LogP contribution in [0.1, 0.15) is 29.4 Å². The first-order valence-electron chi connectivity index (χ1n) is 8.09. The highest BCUT2D eigenvalue weighted by atomic mass is 16.2. The molecule has 2 rings (SSSR count). The molecule has 24 heavy (non-hydrogen) atoms. The molecule has 2 heterocycles. The summed E-state index contributed by atoms with van der Waals surface area (Å²) in [7, 11) is 3.87. The monoisotopic (exact) mass is 330 g/mol. The number of amides is 2. The van der Waals surface area contributed by atoms with Crippen LogP contribution in [0.5, 0.6) is 0 Å². The lowest BCUT2D eigenvalue weighted by atomic mass is 10.2. The molecule has 2 aromatic rings. The first-order valence-corrected chi connectivity index (χ1v) is 8.09.